The highest BCUT2D eigenvalue weighted by atomic mass is 32.2. The summed E-state index contributed by atoms with van der Waals surface area (Å²) in [7, 11) is -6.04. The van der Waals surface area contributed by atoms with Crippen molar-refractivity contribution in [2.45, 2.75) is 37.0 Å². The Bertz CT molecular complexity index is 965. The zero-order chi connectivity index (χ0) is 22.5. The molecule has 2 aromatic carbocycles. The zero-order valence-corrected chi connectivity index (χ0v) is 16.8. The number of carbonyl (C=O) groups is 1. The molecule has 0 aromatic heterocycles. The number of hydrogen-bond acceptors (Lipinski definition) is 7. The highest BCUT2D eigenvalue weighted by Crippen LogP contribution is 2.31. The van der Waals surface area contributed by atoms with Gasteiger partial charge in [0.05, 0.1) is 19.8 Å². The molecule has 3 unspecified atom stereocenters. The molecule has 168 valence electrons. The van der Waals surface area contributed by atoms with Crippen LogP contribution in [0.4, 0.5) is 13.2 Å². The molecule has 0 aliphatic carbocycles. The first-order valence-corrected chi connectivity index (χ1v) is 10.6. The summed E-state index contributed by atoms with van der Waals surface area (Å²) in [6, 6.07) is 17.6. The molecule has 2 aromatic rings. The maximum Gasteiger partial charge on any atom is 0.523 e. The molecule has 3 atom stereocenters. The topological polar surface area (TPSA) is 88.1 Å². The lowest BCUT2D eigenvalue weighted by atomic mass is 10.1. The Morgan fingerprint density at radius 2 is 1.45 bits per heavy atom. The molecular weight excluding hydrogens is 441 g/mol. The Hall–Kier alpha value is -2.47. The first-order chi connectivity index (χ1) is 14.7. The van der Waals surface area contributed by atoms with Gasteiger partial charge in [-0.3, -0.25) is 0 Å². The smallest absolute Gasteiger partial charge is 0.455 e. The quantitative estimate of drug-likeness (QED) is 0.323. The van der Waals surface area contributed by atoms with Crippen LogP contribution in [0.3, 0.4) is 0 Å². The Kier molecular flexibility index (Phi) is 7.31. The number of benzene rings is 2. The van der Waals surface area contributed by atoms with Gasteiger partial charge in [-0.25, -0.2) is 8.98 Å². The van der Waals surface area contributed by atoms with E-state index in [1.54, 1.807) is 54.6 Å². The van der Waals surface area contributed by atoms with Gasteiger partial charge in [-0.15, -0.1) is 0 Å². The summed E-state index contributed by atoms with van der Waals surface area (Å²) in [6.07, 6.45) is -4.70. The van der Waals surface area contributed by atoms with Crippen LogP contribution in [-0.2, 0) is 46.5 Å². The fraction of sp³-hybridized carbons (Fsp3) is 0.350. The predicted octanol–water partition coefficient (Wildman–Crippen LogP) is 2.95. The largest absolute Gasteiger partial charge is 0.523 e. The first kappa shape index (κ1) is 23.2. The lowest BCUT2D eigenvalue weighted by molar-refractivity contribution is -0.148. The minimum Gasteiger partial charge on any atom is -0.455 e. The fourth-order valence-corrected chi connectivity index (χ4v) is 3.43. The summed E-state index contributed by atoms with van der Waals surface area (Å²) in [6.45, 7) is -0.193. The third kappa shape index (κ3) is 6.03. The third-order valence-corrected chi connectivity index (χ3v) is 5.39. The minimum atomic E-state index is -6.04. The van der Waals surface area contributed by atoms with E-state index < -0.39 is 39.9 Å². The van der Waals surface area contributed by atoms with Gasteiger partial charge in [0.2, 0.25) is 6.10 Å². The van der Waals surface area contributed by atoms with Crippen LogP contribution in [0.5, 0.6) is 0 Å². The lowest BCUT2D eigenvalue weighted by Crippen LogP contribution is -2.41. The molecule has 0 saturated carbocycles. The van der Waals surface area contributed by atoms with Crippen molar-refractivity contribution in [1.29, 1.82) is 0 Å². The van der Waals surface area contributed by atoms with E-state index >= 15 is 0 Å². The molecule has 1 aliphatic heterocycles. The van der Waals surface area contributed by atoms with E-state index in [1.165, 1.54) is 0 Å². The van der Waals surface area contributed by atoms with Crippen molar-refractivity contribution >= 4 is 16.1 Å². The molecule has 0 N–H and O–H groups in total. The van der Waals surface area contributed by atoms with Crippen LogP contribution < -0.4 is 0 Å². The monoisotopic (exact) mass is 460 g/mol. The number of hydrogen-bond donors (Lipinski definition) is 0. The third-order valence-electron chi connectivity index (χ3n) is 4.36. The molecule has 0 spiro atoms. The average Bonchev–Trinajstić information content (AvgIpc) is 3.01. The molecule has 31 heavy (non-hydrogen) atoms. The number of halogens is 3. The minimum absolute atomic E-state index is 0.108. The van der Waals surface area contributed by atoms with Gasteiger partial charge in [-0.05, 0) is 11.1 Å². The van der Waals surface area contributed by atoms with E-state index in [9.17, 15) is 26.4 Å². The molecule has 1 fully saturated rings. The predicted molar refractivity (Wildman–Crippen MR) is 101 cm³/mol. The molecule has 1 aliphatic rings. The van der Waals surface area contributed by atoms with E-state index in [2.05, 4.69) is 4.18 Å². The summed E-state index contributed by atoms with van der Waals surface area (Å²) >= 11 is 0. The second-order valence-corrected chi connectivity index (χ2v) is 8.22. The Morgan fingerprint density at radius 3 is 2.00 bits per heavy atom. The van der Waals surface area contributed by atoms with Crippen LogP contribution >= 0.6 is 0 Å². The van der Waals surface area contributed by atoms with Crippen LogP contribution in [0.1, 0.15) is 11.1 Å². The van der Waals surface area contributed by atoms with Gasteiger partial charge in [0, 0.05) is 0 Å². The first-order valence-electron chi connectivity index (χ1n) is 9.14. The zero-order valence-electron chi connectivity index (χ0n) is 16.0. The maximum absolute atomic E-state index is 12.7. The Balaban J connectivity index is 1.72. The highest BCUT2D eigenvalue weighted by molar-refractivity contribution is 7.87. The van der Waals surface area contributed by atoms with Gasteiger partial charge in [-0.1, -0.05) is 60.7 Å². The number of rotatable bonds is 9. The second kappa shape index (κ2) is 9.77. The van der Waals surface area contributed by atoms with E-state index in [0.717, 1.165) is 5.56 Å². The van der Waals surface area contributed by atoms with E-state index in [4.69, 9.17) is 14.2 Å². The van der Waals surface area contributed by atoms with Gasteiger partial charge in [0.25, 0.3) is 0 Å². The maximum atomic E-state index is 12.7. The van der Waals surface area contributed by atoms with Crippen molar-refractivity contribution in [3.8, 4) is 0 Å². The van der Waals surface area contributed by atoms with Crippen molar-refractivity contribution < 1.29 is 44.8 Å². The van der Waals surface area contributed by atoms with E-state index in [-0.39, 0.29) is 19.8 Å². The molecule has 1 heterocycles. The van der Waals surface area contributed by atoms with E-state index in [1.807, 2.05) is 6.07 Å². The van der Waals surface area contributed by atoms with Crippen molar-refractivity contribution in [2.24, 2.45) is 0 Å². The fourth-order valence-electron chi connectivity index (χ4n) is 2.85. The highest BCUT2D eigenvalue weighted by Gasteiger charge is 2.55. The van der Waals surface area contributed by atoms with Gasteiger partial charge >= 0.3 is 21.6 Å². The second-order valence-electron chi connectivity index (χ2n) is 6.65. The summed E-state index contributed by atoms with van der Waals surface area (Å²) < 4.78 is 81.4. The molecule has 0 bridgehead atoms. The van der Waals surface area contributed by atoms with Gasteiger partial charge < -0.3 is 14.2 Å². The van der Waals surface area contributed by atoms with Crippen LogP contribution in [0.15, 0.2) is 60.7 Å². The average molecular weight is 460 g/mol. The van der Waals surface area contributed by atoms with Crippen molar-refractivity contribution in [3.05, 3.63) is 71.8 Å². The number of alkyl halides is 3. The van der Waals surface area contributed by atoms with Crippen molar-refractivity contribution in [1.82, 2.24) is 0 Å². The van der Waals surface area contributed by atoms with Crippen LogP contribution in [-0.4, -0.2) is 44.8 Å². The molecule has 7 nitrogen and oxygen atoms in total. The summed E-state index contributed by atoms with van der Waals surface area (Å²) in [5.41, 5.74) is -4.22. The summed E-state index contributed by atoms with van der Waals surface area (Å²) in [5.74, 6) is -1.28. The molecule has 0 amide bonds. The number of esters is 1. The SMILES string of the molecule is O=C1OC(COCc2ccccc2)C(OCc2ccccc2)C1OS(=O)(=O)C(F)(F)F. The molecule has 0 radical (unpaired) electrons. The normalized spacial score (nSPS) is 21.8. The van der Waals surface area contributed by atoms with E-state index in [0.29, 0.717) is 5.56 Å². The Labute approximate surface area is 176 Å². The summed E-state index contributed by atoms with van der Waals surface area (Å²) in [4.78, 5) is 12.1. The van der Waals surface area contributed by atoms with Crippen LogP contribution in [0.25, 0.3) is 0 Å². The number of ether oxygens (including phenoxy) is 3. The molecule has 1 saturated heterocycles. The van der Waals surface area contributed by atoms with Crippen molar-refractivity contribution in [2.75, 3.05) is 6.61 Å². The molecule has 3 rings (SSSR count). The lowest BCUT2D eigenvalue weighted by Gasteiger charge is -2.22. The van der Waals surface area contributed by atoms with Crippen molar-refractivity contribution in [3.63, 3.8) is 0 Å². The standard InChI is InChI=1S/C20H19F3O7S/c21-20(22,23)31(25,26)30-18-17(28-12-15-9-5-2-6-10-15)16(29-19(18)24)13-27-11-14-7-3-1-4-8-14/h1-10,16-18H,11-13H2. The number of cyclic esters (lactones) is 1. The van der Waals surface area contributed by atoms with Gasteiger partial charge in [0.1, 0.15) is 6.10 Å². The van der Waals surface area contributed by atoms with Crippen LogP contribution in [0, 0.1) is 0 Å². The molecule has 11 heteroatoms. The Morgan fingerprint density at radius 1 is 0.903 bits per heavy atom. The molecular formula is C20H19F3O7S. The summed E-state index contributed by atoms with van der Waals surface area (Å²) in [5, 5.41) is 0. The number of carbonyl (C=O) groups excluding carboxylic acids is 1. The van der Waals surface area contributed by atoms with Gasteiger partial charge in [0.15, 0.2) is 6.10 Å². The van der Waals surface area contributed by atoms with Gasteiger partial charge in [-0.2, -0.15) is 21.6 Å². The van der Waals surface area contributed by atoms with Crippen LogP contribution in [0.2, 0.25) is 0 Å².